The van der Waals surface area contributed by atoms with E-state index < -0.39 is 8.07 Å². The number of benzene rings is 1. The van der Waals surface area contributed by atoms with Crippen molar-refractivity contribution in [2.45, 2.75) is 77.8 Å². The first kappa shape index (κ1) is 18.8. The zero-order valence-electron chi connectivity index (χ0n) is 15.5. The van der Waals surface area contributed by atoms with E-state index in [0.29, 0.717) is 0 Å². The molecule has 1 aromatic carbocycles. The molecule has 1 rings (SSSR count). The van der Waals surface area contributed by atoms with Crippen molar-refractivity contribution in [2.24, 2.45) is 0 Å². The van der Waals surface area contributed by atoms with Crippen molar-refractivity contribution in [1.82, 2.24) is 0 Å². The van der Waals surface area contributed by atoms with E-state index in [2.05, 4.69) is 86.6 Å². The Bertz CT molecular complexity index is 452. The lowest BCUT2D eigenvalue weighted by atomic mass is 9.87. The standard InChI is InChI=1S/C19H34SSi/c1-17(2,3)15-10-12-16(13-11-15)21(14-20,18(4,5)6)19(7,8)9/h10-13,20H,14H2,1-9H3. The minimum Gasteiger partial charge on any atom is -0.182 e. The molecule has 0 radical (unpaired) electrons. The SMILES string of the molecule is CC(C)(C)c1ccc([Si](CS)(C(C)(C)C)C(C)(C)C)cc1. The molecule has 0 amide bonds. The van der Waals surface area contributed by atoms with Crippen molar-refractivity contribution >= 4 is 25.9 Å². The Morgan fingerprint density at radius 2 is 1.14 bits per heavy atom. The summed E-state index contributed by atoms with van der Waals surface area (Å²) in [4.78, 5) is 0. The zero-order valence-corrected chi connectivity index (χ0v) is 17.4. The van der Waals surface area contributed by atoms with Gasteiger partial charge in [-0.15, -0.1) is 0 Å². The van der Waals surface area contributed by atoms with Crippen LogP contribution in [0.25, 0.3) is 0 Å². The fourth-order valence-electron chi connectivity index (χ4n) is 3.81. The predicted octanol–water partition coefficient (Wildman–Crippen LogP) is 5.71. The van der Waals surface area contributed by atoms with Crippen LogP contribution in [-0.2, 0) is 5.41 Å². The summed E-state index contributed by atoms with van der Waals surface area (Å²) in [5.41, 5.74) is 1.63. The molecule has 0 spiro atoms. The quantitative estimate of drug-likeness (QED) is 0.523. The molecule has 0 N–H and O–H groups in total. The molecule has 0 nitrogen and oxygen atoms in total. The first-order valence-electron chi connectivity index (χ1n) is 7.99. The first-order valence-corrected chi connectivity index (χ1v) is 10.8. The summed E-state index contributed by atoms with van der Waals surface area (Å²) in [7, 11) is -1.77. The lowest BCUT2D eigenvalue weighted by Crippen LogP contribution is -2.63. The van der Waals surface area contributed by atoms with Gasteiger partial charge in [-0.2, -0.15) is 12.6 Å². The van der Waals surface area contributed by atoms with Crippen molar-refractivity contribution in [2.75, 3.05) is 5.38 Å². The smallest absolute Gasteiger partial charge is 0.107 e. The summed E-state index contributed by atoms with van der Waals surface area (Å²) in [6, 6.07) is 9.44. The summed E-state index contributed by atoms with van der Waals surface area (Å²) in [6.07, 6.45) is 0. The minimum absolute atomic E-state index is 0.215. The minimum atomic E-state index is -1.77. The summed E-state index contributed by atoms with van der Waals surface area (Å²) in [6.45, 7) is 21.2. The van der Waals surface area contributed by atoms with Gasteiger partial charge in [0.25, 0.3) is 0 Å². The molecule has 1 aromatic rings. The maximum Gasteiger partial charge on any atom is 0.107 e. The van der Waals surface area contributed by atoms with Gasteiger partial charge in [0.15, 0.2) is 0 Å². The van der Waals surface area contributed by atoms with Crippen LogP contribution in [0.15, 0.2) is 24.3 Å². The Labute approximate surface area is 139 Å². The van der Waals surface area contributed by atoms with Gasteiger partial charge in [0.1, 0.15) is 8.07 Å². The summed E-state index contributed by atoms with van der Waals surface area (Å²) in [5.74, 6) is 0. The molecule has 0 aromatic heterocycles. The van der Waals surface area contributed by atoms with E-state index in [1.165, 1.54) is 5.56 Å². The molecule has 0 bridgehead atoms. The normalized spacial score (nSPS) is 14.4. The molecule has 0 saturated heterocycles. The first-order chi connectivity index (χ1) is 9.27. The van der Waals surface area contributed by atoms with Gasteiger partial charge in [0.2, 0.25) is 0 Å². The van der Waals surface area contributed by atoms with Crippen LogP contribution in [0.2, 0.25) is 10.1 Å². The van der Waals surface area contributed by atoms with Gasteiger partial charge in [-0.1, -0.05) is 91.8 Å². The third-order valence-corrected chi connectivity index (χ3v) is 13.4. The van der Waals surface area contributed by atoms with Gasteiger partial charge in [0.05, 0.1) is 0 Å². The molecule has 120 valence electrons. The zero-order chi connectivity index (χ0) is 16.7. The highest BCUT2D eigenvalue weighted by molar-refractivity contribution is 7.82. The van der Waals surface area contributed by atoms with Crippen molar-refractivity contribution in [3.8, 4) is 0 Å². The molecule has 0 saturated carbocycles. The van der Waals surface area contributed by atoms with Gasteiger partial charge in [-0.3, -0.25) is 0 Å². The fourth-order valence-corrected chi connectivity index (χ4v) is 13.1. The number of hydrogen-bond donors (Lipinski definition) is 1. The van der Waals surface area contributed by atoms with Crippen LogP contribution >= 0.6 is 12.6 Å². The number of rotatable bonds is 2. The van der Waals surface area contributed by atoms with Crippen LogP contribution in [0.4, 0.5) is 0 Å². The topological polar surface area (TPSA) is 0 Å². The average Bonchev–Trinajstić information content (AvgIpc) is 2.26. The van der Waals surface area contributed by atoms with E-state index in [4.69, 9.17) is 12.6 Å². The molecular weight excluding hydrogens is 288 g/mol. The third-order valence-electron chi connectivity index (χ3n) is 5.04. The highest BCUT2D eigenvalue weighted by Gasteiger charge is 2.52. The van der Waals surface area contributed by atoms with Crippen LogP contribution in [0.1, 0.15) is 67.9 Å². The highest BCUT2D eigenvalue weighted by atomic mass is 32.1. The molecule has 0 atom stereocenters. The second-order valence-electron chi connectivity index (χ2n) is 9.39. The van der Waals surface area contributed by atoms with Gasteiger partial charge < -0.3 is 0 Å². The molecule has 0 aliphatic carbocycles. The molecular formula is C19H34SSi. The molecule has 0 aliphatic heterocycles. The molecule has 0 heterocycles. The van der Waals surface area contributed by atoms with Crippen molar-refractivity contribution in [3.05, 3.63) is 29.8 Å². The van der Waals surface area contributed by atoms with Crippen LogP contribution < -0.4 is 5.19 Å². The molecule has 0 aliphatic rings. The van der Waals surface area contributed by atoms with E-state index in [1.807, 2.05) is 0 Å². The number of thiol groups is 1. The van der Waals surface area contributed by atoms with Crippen molar-refractivity contribution in [3.63, 3.8) is 0 Å². The Kier molecular flexibility index (Phi) is 5.18. The van der Waals surface area contributed by atoms with Crippen LogP contribution in [-0.4, -0.2) is 13.5 Å². The van der Waals surface area contributed by atoms with Gasteiger partial charge in [-0.05, 0) is 26.4 Å². The second kappa shape index (κ2) is 5.77. The Hall–Kier alpha value is -0.213. The molecule has 0 unspecified atom stereocenters. The van der Waals surface area contributed by atoms with Gasteiger partial charge in [-0.25, -0.2) is 0 Å². The third kappa shape index (κ3) is 3.42. The summed E-state index contributed by atoms with van der Waals surface area (Å²) < 4.78 is 0. The van der Waals surface area contributed by atoms with E-state index >= 15 is 0 Å². The van der Waals surface area contributed by atoms with E-state index in [-0.39, 0.29) is 15.5 Å². The maximum atomic E-state index is 4.84. The van der Waals surface area contributed by atoms with Crippen LogP contribution in [0.3, 0.4) is 0 Å². The lowest BCUT2D eigenvalue weighted by Gasteiger charge is -2.52. The second-order valence-corrected chi connectivity index (χ2v) is 16.0. The predicted molar refractivity (Wildman–Crippen MR) is 104 cm³/mol. The number of hydrogen-bond acceptors (Lipinski definition) is 1. The molecule has 2 heteroatoms. The fraction of sp³-hybridized carbons (Fsp3) is 0.684. The average molecular weight is 323 g/mol. The summed E-state index contributed by atoms with van der Waals surface area (Å²) >= 11 is 4.84. The monoisotopic (exact) mass is 322 g/mol. The van der Waals surface area contributed by atoms with Crippen LogP contribution in [0, 0.1) is 0 Å². The Morgan fingerprint density at radius 1 is 0.762 bits per heavy atom. The molecule has 0 fully saturated rings. The van der Waals surface area contributed by atoms with Gasteiger partial charge >= 0.3 is 0 Å². The summed E-state index contributed by atoms with van der Waals surface area (Å²) in [5, 5.41) is 3.12. The van der Waals surface area contributed by atoms with E-state index in [0.717, 1.165) is 5.38 Å². The van der Waals surface area contributed by atoms with Gasteiger partial charge in [0, 0.05) is 0 Å². The van der Waals surface area contributed by atoms with E-state index in [9.17, 15) is 0 Å². The largest absolute Gasteiger partial charge is 0.182 e. The van der Waals surface area contributed by atoms with Crippen LogP contribution in [0.5, 0.6) is 0 Å². The van der Waals surface area contributed by atoms with Crippen molar-refractivity contribution in [1.29, 1.82) is 0 Å². The maximum absolute atomic E-state index is 4.84. The Balaban J connectivity index is 3.49. The Morgan fingerprint density at radius 3 is 1.38 bits per heavy atom. The van der Waals surface area contributed by atoms with Crippen molar-refractivity contribution < 1.29 is 0 Å². The highest BCUT2D eigenvalue weighted by Crippen LogP contribution is 2.51. The lowest BCUT2D eigenvalue weighted by molar-refractivity contribution is 0.590. The molecule has 21 heavy (non-hydrogen) atoms. The van der Waals surface area contributed by atoms with E-state index in [1.54, 1.807) is 5.19 Å².